The fourth-order valence-electron chi connectivity index (χ4n) is 3.39. The number of hydrogen-bond acceptors (Lipinski definition) is 7. The first-order valence-electron chi connectivity index (χ1n) is 9.86. The molecule has 0 atom stereocenters. The fraction of sp³-hybridized carbons (Fsp3) is 0.350. The molecule has 0 bridgehead atoms. The summed E-state index contributed by atoms with van der Waals surface area (Å²) in [6.07, 6.45) is 5.11. The van der Waals surface area contributed by atoms with Gasteiger partial charge in [0.15, 0.2) is 6.61 Å². The molecular formula is C20H21ClN4O4S2. The third-order valence-corrected chi connectivity index (χ3v) is 8.02. The van der Waals surface area contributed by atoms with Crippen LogP contribution in [0.4, 0.5) is 5.69 Å². The van der Waals surface area contributed by atoms with E-state index in [0.29, 0.717) is 19.0 Å². The molecule has 0 spiro atoms. The van der Waals surface area contributed by atoms with Crippen LogP contribution in [0.3, 0.4) is 0 Å². The van der Waals surface area contributed by atoms with Gasteiger partial charge in [-0.2, -0.15) is 4.31 Å². The maximum atomic E-state index is 13.0. The molecule has 0 radical (unpaired) electrons. The van der Waals surface area contributed by atoms with Crippen molar-refractivity contribution in [2.24, 2.45) is 0 Å². The van der Waals surface area contributed by atoms with E-state index in [0.717, 1.165) is 35.9 Å². The second-order valence-electron chi connectivity index (χ2n) is 7.12. The SMILES string of the molecule is O=C(COc1ncnc2sccc12)Nc1cc(S(=O)(=O)N2CCCCCC2)ccc1Cl. The summed E-state index contributed by atoms with van der Waals surface area (Å²) in [5, 5.41) is 5.46. The van der Waals surface area contributed by atoms with Crippen LogP contribution < -0.4 is 10.1 Å². The Morgan fingerprint density at radius 2 is 1.94 bits per heavy atom. The number of ether oxygens (including phenoxy) is 1. The van der Waals surface area contributed by atoms with E-state index >= 15 is 0 Å². The zero-order valence-electron chi connectivity index (χ0n) is 16.6. The summed E-state index contributed by atoms with van der Waals surface area (Å²) < 4.78 is 33.1. The Bertz CT molecular complexity index is 1190. The van der Waals surface area contributed by atoms with Crippen molar-refractivity contribution >= 4 is 54.8 Å². The van der Waals surface area contributed by atoms with Gasteiger partial charge in [-0.1, -0.05) is 24.4 Å². The summed E-state index contributed by atoms with van der Waals surface area (Å²) >= 11 is 7.65. The monoisotopic (exact) mass is 480 g/mol. The van der Waals surface area contributed by atoms with Crippen LogP contribution in [0, 0.1) is 0 Å². The maximum absolute atomic E-state index is 13.0. The standard InChI is InChI=1S/C20H21ClN4O4S2/c21-16-6-5-14(31(27,28)25-8-3-1-2-4-9-25)11-17(16)24-18(26)12-29-19-15-7-10-30-20(15)23-13-22-19/h5-7,10-11,13H,1-4,8-9,12H2,(H,24,26). The Morgan fingerprint density at radius 1 is 1.16 bits per heavy atom. The van der Waals surface area contributed by atoms with Crippen molar-refractivity contribution in [3.05, 3.63) is 41.0 Å². The molecule has 0 saturated carbocycles. The van der Waals surface area contributed by atoms with Gasteiger partial charge in [0.05, 0.1) is 21.0 Å². The van der Waals surface area contributed by atoms with Gasteiger partial charge >= 0.3 is 0 Å². The van der Waals surface area contributed by atoms with Crippen LogP contribution in [0.1, 0.15) is 25.7 Å². The Balaban J connectivity index is 1.47. The number of nitrogens with one attached hydrogen (secondary N) is 1. The second-order valence-corrected chi connectivity index (χ2v) is 10.4. The first-order valence-corrected chi connectivity index (χ1v) is 12.6. The van der Waals surface area contributed by atoms with Crippen molar-refractivity contribution in [3.8, 4) is 5.88 Å². The Kier molecular flexibility index (Phi) is 6.71. The highest BCUT2D eigenvalue weighted by Crippen LogP contribution is 2.29. The van der Waals surface area contributed by atoms with Crippen LogP contribution >= 0.6 is 22.9 Å². The van der Waals surface area contributed by atoms with E-state index in [1.165, 1.54) is 40.2 Å². The summed E-state index contributed by atoms with van der Waals surface area (Å²) in [5.41, 5.74) is 0.217. The minimum absolute atomic E-state index is 0.103. The van der Waals surface area contributed by atoms with Gasteiger partial charge in [0, 0.05) is 13.1 Å². The van der Waals surface area contributed by atoms with Gasteiger partial charge in [-0.3, -0.25) is 4.79 Å². The van der Waals surface area contributed by atoms with Crippen LogP contribution in [0.15, 0.2) is 40.9 Å². The topological polar surface area (TPSA) is 101 Å². The molecule has 3 heterocycles. The predicted molar refractivity (Wildman–Crippen MR) is 120 cm³/mol. The van der Waals surface area contributed by atoms with Crippen molar-refractivity contribution in [2.45, 2.75) is 30.6 Å². The maximum Gasteiger partial charge on any atom is 0.262 e. The van der Waals surface area contributed by atoms with Crippen LogP contribution in [-0.4, -0.2) is 48.3 Å². The molecule has 8 nitrogen and oxygen atoms in total. The first kappa shape index (κ1) is 21.9. The largest absolute Gasteiger partial charge is 0.467 e. The molecule has 1 aliphatic rings. The van der Waals surface area contributed by atoms with E-state index in [1.54, 1.807) is 0 Å². The van der Waals surface area contributed by atoms with Crippen LogP contribution in [0.25, 0.3) is 10.2 Å². The highest BCUT2D eigenvalue weighted by atomic mass is 35.5. The van der Waals surface area contributed by atoms with Crippen LogP contribution in [0.2, 0.25) is 5.02 Å². The molecule has 1 aromatic carbocycles. The smallest absolute Gasteiger partial charge is 0.262 e. The lowest BCUT2D eigenvalue weighted by Gasteiger charge is -2.20. The summed E-state index contributed by atoms with van der Waals surface area (Å²) in [7, 11) is -3.66. The minimum atomic E-state index is -3.66. The molecule has 1 saturated heterocycles. The summed E-state index contributed by atoms with van der Waals surface area (Å²) in [4.78, 5) is 21.5. The lowest BCUT2D eigenvalue weighted by atomic mass is 10.2. The van der Waals surface area contributed by atoms with Gasteiger partial charge in [0.2, 0.25) is 15.9 Å². The molecule has 164 valence electrons. The van der Waals surface area contributed by atoms with Gasteiger partial charge in [-0.15, -0.1) is 11.3 Å². The Labute approximate surface area is 189 Å². The number of sulfonamides is 1. The van der Waals surface area contributed by atoms with Crippen molar-refractivity contribution in [1.29, 1.82) is 0 Å². The average Bonchev–Trinajstić information content (AvgIpc) is 3.07. The molecule has 4 rings (SSSR count). The van der Waals surface area contributed by atoms with E-state index in [-0.39, 0.29) is 22.2 Å². The number of anilines is 1. The number of nitrogens with zero attached hydrogens (tertiary/aromatic N) is 3. The average molecular weight is 481 g/mol. The van der Waals surface area contributed by atoms with E-state index in [9.17, 15) is 13.2 Å². The Morgan fingerprint density at radius 3 is 2.71 bits per heavy atom. The molecule has 1 aliphatic heterocycles. The number of aromatic nitrogens is 2. The molecule has 11 heteroatoms. The van der Waals surface area contributed by atoms with Crippen LogP contribution in [-0.2, 0) is 14.8 Å². The number of thiophene rings is 1. The van der Waals surface area contributed by atoms with Crippen molar-refractivity contribution < 1.29 is 17.9 Å². The molecule has 31 heavy (non-hydrogen) atoms. The van der Waals surface area contributed by atoms with Gasteiger partial charge in [-0.05, 0) is 42.5 Å². The number of carbonyl (C=O) groups excluding carboxylic acids is 1. The number of benzene rings is 1. The molecule has 1 fully saturated rings. The van der Waals surface area contributed by atoms with Gasteiger partial charge < -0.3 is 10.1 Å². The second kappa shape index (κ2) is 9.47. The summed E-state index contributed by atoms with van der Waals surface area (Å²) in [5.74, 6) is -0.168. The normalized spacial score (nSPS) is 15.5. The summed E-state index contributed by atoms with van der Waals surface area (Å²) in [6, 6.07) is 6.15. The van der Waals surface area contributed by atoms with Gasteiger partial charge in [0.25, 0.3) is 5.91 Å². The molecule has 2 aromatic heterocycles. The van der Waals surface area contributed by atoms with Gasteiger partial charge in [-0.25, -0.2) is 18.4 Å². The van der Waals surface area contributed by atoms with Crippen molar-refractivity contribution in [1.82, 2.24) is 14.3 Å². The van der Waals surface area contributed by atoms with E-state index < -0.39 is 15.9 Å². The van der Waals surface area contributed by atoms with Gasteiger partial charge in [0.1, 0.15) is 11.2 Å². The fourth-order valence-corrected chi connectivity index (χ4v) is 5.83. The molecule has 3 aromatic rings. The predicted octanol–water partition coefficient (Wildman–Crippen LogP) is 3.93. The zero-order chi connectivity index (χ0) is 21.8. The van der Waals surface area contributed by atoms with E-state index in [2.05, 4.69) is 15.3 Å². The zero-order valence-corrected chi connectivity index (χ0v) is 19.0. The van der Waals surface area contributed by atoms with Crippen molar-refractivity contribution in [2.75, 3.05) is 25.0 Å². The molecular weight excluding hydrogens is 460 g/mol. The first-order chi connectivity index (χ1) is 14.9. The third kappa shape index (κ3) is 4.98. The number of amides is 1. The molecule has 0 aliphatic carbocycles. The lowest BCUT2D eigenvalue weighted by Crippen LogP contribution is -2.32. The number of rotatable bonds is 6. The molecule has 0 unspecified atom stereocenters. The minimum Gasteiger partial charge on any atom is -0.467 e. The quantitative estimate of drug-likeness (QED) is 0.573. The number of hydrogen-bond donors (Lipinski definition) is 1. The number of fused-ring (bicyclic) bond motifs is 1. The lowest BCUT2D eigenvalue weighted by molar-refractivity contribution is -0.118. The highest BCUT2D eigenvalue weighted by molar-refractivity contribution is 7.89. The van der Waals surface area contributed by atoms with E-state index in [4.69, 9.17) is 16.3 Å². The number of carbonyl (C=O) groups is 1. The van der Waals surface area contributed by atoms with E-state index in [1.807, 2.05) is 11.4 Å². The van der Waals surface area contributed by atoms with Crippen molar-refractivity contribution in [3.63, 3.8) is 0 Å². The third-order valence-electron chi connectivity index (χ3n) is 4.98. The molecule has 1 N–H and O–H groups in total. The molecule has 1 amide bonds. The highest BCUT2D eigenvalue weighted by Gasteiger charge is 2.26. The summed E-state index contributed by atoms with van der Waals surface area (Å²) in [6.45, 7) is 0.689. The Hall–Kier alpha value is -2.27. The van der Waals surface area contributed by atoms with Crippen LogP contribution in [0.5, 0.6) is 5.88 Å². The number of halogens is 1.